The molecule has 1 fully saturated rings. The van der Waals surface area contributed by atoms with Crippen LogP contribution in [0.2, 0.25) is 0 Å². The number of carbonyl (C=O) groups is 1. The van der Waals surface area contributed by atoms with E-state index in [4.69, 9.17) is 0 Å². The monoisotopic (exact) mass is 276 g/mol. The molecule has 0 aromatic heterocycles. The second kappa shape index (κ2) is 8.00. The van der Waals surface area contributed by atoms with Gasteiger partial charge in [-0.2, -0.15) is 0 Å². The van der Waals surface area contributed by atoms with Crippen LogP contribution in [-0.2, 0) is 4.79 Å². The Labute approximate surface area is 118 Å². The topological polar surface area (TPSA) is 41.1 Å². The molecule has 1 aliphatic carbocycles. The van der Waals surface area contributed by atoms with Gasteiger partial charge >= 0.3 is 0 Å². The molecule has 0 heterocycles. The zero-order valence-corrected chi connectivity index (χ0v) is 13.0. The predicted octanol–water partition coefficient (Wildman–Crippen LogP) is 2.74. The van der Waals surface area contributed by atoms with E-state index in [1.165, 1.54) is 6.42 Å². The van der Waals surface area contributed by atoms with Crippen molar-refractivity contribution in [2.75, 3.05) is 13.1 Å². The van der Waals surface area contributed by atoms with E-state index in [1.807, 2.05) is 0 Å². The highest BCUT2D eigenvalue weighted by Gasteiger charge is 2.43. The lowest BCUT2D eigenvalue weighted by Gasteiger charge is -2.41. The van der Waals surface area contributed by atoms with Crippen LogP contribution in [0.5, 0.6) is 0 Å². The lowest BCUT2D eigenvalue weighted by Crippen LogP contribution is -2.49. The molecule has 0 aromatic carbocycles. The Morgan fingerprint density at radius 3 is 2.28 bits per heavy atom. The molecule has 2 N–H and O–H groups in total. The molecule has 0 radical (unpaired) electrons. The molecule has 0 saturated heterocycles. The maximum atomic E-state index is 12.3. The number of rotatable bonds is 7. The summed E-state index contributed by atoms with van der Waals surface area (Å²) in [6, 6.07) is 0.361. The molecular weight excluding hydrogens is 248 g/mol. The van der Waals surface area contributed by atoms with Gasteiger partial charge in [-0.25, -0.2) is 0 Å². The van der Waals surface area contributed by atoms with E-state index in [0.717, 1.165) is 32.4 Å². The largest absolute Gasteiger partial charge is 0.354 e. The van der Waals surface area contributed by atoms with Crippen LogP contribution >= 0.6 is 12.4 Å². The lowest BCUT2D eigenvalue weighted by atomic mass is 9.64. The Morgan fingerprint density at radius 2 is 1.89 bits per heavy atom. The molecule has 1 saturated carbocycles. The molecule has 4 heteroatoms. The average Bonchev–Trinajstić information content (AvgIpc) is 2.20. The molecule has 1 rings (SSSR count). The third-order valence-electron chi connectivity index (χ3n) is 3.71. The van der Waals surface area contributed by atoms with Gasteiger partial charge in [0.1, 0.15) is 0 Å². The van der Waals surface area contributed by atoms with E-state index in [9.17, 15) is 4.79 Å². The molecule has 3 nitrogen and oxygen atoms in total. The first-order valence-electron chi connectivity index (χ1n) is 7.02. The molecule has 0 spiro atoms. The summed E-state index contributed by atoms with van der Waals surface area (Å²) in [5.41, 5.74) is -0.0416. The summed E-state index contributed by atoms with van der Waals surface area (Å²) < 4.78 is 0. The van der Waals surface area contributed by atoms with E-state index in [2.05, 4.69) is 38.3 Å². The highest BCUT2D eigenvalue weighted by Crippen LogP contribution is 2.46. The number of nitrogens with one attached hydrogen (secondary N) is 2. The molecule has 0 unspecified atom stereocenters. The first-order valence-corrected chi connectivity index (χ1v) is 7.02. The van der Waals surface area contributed by atoms with Crippen molar-refractivity contribution >= 4 is 18.3 Å². The SMILES string of the molecule is CCN[C@H](C)CNC(=O)C1(CC(C)C)CCC1.Cl. The molecule has 1 amide bonds. The molecule has 1 atom stereocenters. The van der Waals surface area contributed by atoms with E-state index < -0.39 is 0 Å². The van der Waals surface area contributed by atoms with Crippen LogP contribution in [0.3, 0.4) is 0 Å². The molecule has 18 heavy (non-hydrogen) atoms. The number of halogens is 1. The van der Waals surface area contributed by atoms with Crippen LogP contribution in [0.4, 0.5) is 0 Å². The smallest absolute Gasteiger partial charge is 0.226 e. The van der Waals surface area contributed by atoms with Crippen molar-refractivity contribution in [3.05, 3.63) is 0 Å². The van der Waals surface area contributed by atoms with Gasteiger partial charge in [-0.05, 0) is 38.6 Å². The summed E-state index contributed by atoms with van der Waals surface area (Å²) in [7, 11) is 0. The van der Waals surface area contributed by atoms with Gasteiger partial charge in [0.05, 0.1) is 0 Å². The minimum absolute atomic E-state index is 0. The summed E-state index contributed by atoms with van der Waals surface area (Å²) in [5.74, 6) is 0.884. The first kappa shape index (κ1) is 17.7. The third-order valence-corrected chi connectivity index (χ3v) is 3.71. The summed E-state index contributed by atoms with van der Waals surface area (Å²) in [5, 5.41) is 6.43. The number of likely N-dealkylation sites (N-methyl/N-ethyl adjacent to an activating group) is 1. The Hall–Kier alpha value is -0.280. The Kier molecular flexibility index (Phi) is 7.88. The Bertz CT molecular complexity index is 252. The van der Waals surface area contributed by atoms with Gasteiger partial charge in [-0.15, -0.1) is 12.4 Å². The minimum Gasteiger partial charge on any atom is -0.354 e. The number of hydrogen-bond donors (Lipinski definition) is 2. The van der Waals surface area contributed by atoms with Gasteiger partial charge in [0.2, 0.25) is 5.91 Å². The summed E-state index contributed by atoms with van der Waals surface area (Å²) in [6.45, 7) is 10.3. The molecular formula is C14H29ClN2O. The predicted molar refractivity (Wildman–Crippen MR) is 79.1 cm³/mol. The standard InChI is InChI=1S/C14H28N2O.ClH/c1-5-15-12(4)10-16-13(17)14(7-6-8-14)9-11(2)3;/h11-12,15H,5-10H2,1-4H3,(H,16,17);1H/t12-;/m1./s1. The summed E-state index contributed by atoms with van der Waals surface area (Å²) >= 11 is 0. The van der Waals surface area contributed by atoms with Gasteiger partial charge < -0.3 is 10.6 Å². The van der Waals surface area contributed by atoms with E-state index in [-0.39, 0.29) is 23.7 Å². The summed E-state index contributed by atoms with van der Waals surface area (Å²) in [4.78, 5) is 12.3. The molecule has 0 aromatic rings. The van der Waals surface area contributed by atoms with Crippen LogP contribution in [0.15, 0.2) is 0 Å². The van der Waals surface area contributed by atoms with Crippen molar-refractivity contribution < 1.29 is 4.79 Å². The number of amides is 1. The minimum atomic E-state index is -0.0416. The average molecular weight is 277 g/mol. The van der Waals surface area contributed by atoms with Crippen LogP contribution in [0, 0.1) is 11.3 Å². The summed E-state index contributed by atoms with van der Waals surface area (Å²) in [6.07, 6.45) is 4.40. The van der Waals surface area contributed by atoms with Crippen LogP contribution in [0.1, 0.15) is 53.4 Å². The normalized spacial score (nSPS) is 18.7. The zero-order chi connectivity index (χ0) is 12.9. The van der Waals surface area contributed by atoms with Crippen molar-refractivity contribution in [1.29, 1.82) is 0 Å². The van der Waals surface area contributed by atoms with Gasteiger partial charge in [0.25, 0.3) is 0 Å². The van der Waals surface area contributed by atoms with E-state index >= 15 is 0 Å². The zero-order valence-electron chi connectivity index (χ0n) is 12.2. The van der Waals surface area contributed by atoms with Gasteiger partial charge in [-0.3, -0.25) is 4.79 Å². The molecule has 0 bridgehead atoms. The van der Waals surface area contributed by atoms with Gasteiger partial charge in [0.15, 0.2) is 0 Å². The van der Waals surface area contributed by atoms with Gasteiger partial charge in [0, 0.05) is 18.0 Å². The van der Waals surface area contributed by atoms with Crippen molar-refractivity contribution in [3.63, 3.8) is 0 Å². The third kappa shape index (κ3) is 4.77. The molecule has 1 aliphatic rings. The second-order valence-corrected chi connectivity index (χ2v) is 5.90. The van der Waals surface area contributed by atoms with Crippen molar-refractivity contribution in [2.24, 2.45) is 11.3 Å². The van der Waals surface area contributed by atoms with E-state index in [0.29, 0.717) is 12.0 Å². The number of hydrogen-bond acceptors (Lipinski definition) is 2. The van der Waals surface area contributed by atoms with Crippen molar-refractivity contribution in [1.82, 2.24) is 10.6 Å². The molecule has 0 aliphatic heterocycles. The highest BCUT2D eigenvalue weighted by molar-refractivity contribution is 5.85. The van der Waals surface area contributed by atoms with Crippen LogP contribution in [-0.4, -0.2) is 25.0 Å². The Balaban J connectivity index is 0.00000289. The van der Waals surface area contributed by atoms with Gasteiger partial charge in [-0.1, -0.05) is 27.2 Å². The first-order chi connectivity index (χ1) is 8.00. The number of carbonyl (C=O) groups excluding carboxylic acids is 1. The quantitative estimate of drug-likeness (QED) is 0.751. The van der Waals surface area contributed by atoms with E-state index in [1.54, 1.807) is 0 Å². The second-order valence-electron chi connectivity index (χ2n) is 5.90. The highest BCUT2D eigenvalue weighted by atomic mass is 35.5. The van der Waals surface area contributed by atoms with Crippen LogP contribution in [0.25, 0.3) is 0 Å². The fourth-order valence-corrected chi connectivity index (χ4v) is 2.76. The maximum absolute atomic E-state index is 12.3. The Morgan fingerprint density at radius 1 is 1.28 bits per heavy atom. The van der Waals surface area contributed by atoms with Crippen LogP contribution < -0.4 is 10.6 Å². The fourth-order valence-electron chi connectivity index (χ4n) is 2.76. The molecule has 108 valence electrons. The van der Waals surface area contributed by atoms with Crippen molar-refractivity contribution in [2.45, 2.75) is 59.4 Å². The van der Waals surface area contributed by atoms with Crippen molar-refractivity contribution in [3.8, 4) is 0 Å². The lowest BCUT2D eigenvalue weighted by molar-refractivity contribution is -0.137. The maximum Gasteiger partial charge on any atom is 0.226 e. The fraction of sp³-hybridized carbons (Fsp3) is 0.929.